The number of hydrogen-bond donors (Lipinski definition) is 1. The van der Waals surface area contributed by atoms with Crippen LogP contribution in [-0.4, -0.2) is 11.5 Å². The summed E-state index contributed by atoms with van der Waals surface area (Å²) in [5.41, 5.74) is 7.95. The third-order valence-corrected chi connectivity index (χ3v) is 1.69. The molecule has 1 rings (SSSR count). The summed E-state index contributed by atoms with van der Waals surface area (Å²) in [5, 5.41) is 0. The fourth-order valence-corrected chi connectivity index (χ4v) is 1.04. The second-order valence-electron chi connectivity index (χ2n) is 2.59. The lowest BCUT2D eigenvalue weighted by molar-refractivity contribution is 0.947. The van der Waals surface area contributed by atoms with Crippen molar-refractivity contribution >= 4 is 0 Å². The van der Waals surface area contributed by atoms with E-state index < -0.39 is 0 Å². The van der Waals surface area contributed by atoms with Gasteiger partial charge < -0.3 is 5.73 Å². The van der Waals surface area contributed by atoms with E-state index in [1.165, 1.54) is 11.1 Å². The van der Waals surface area contributed by atoms with Crippen molar-refractivity contribution < 1.29 is 0 Å². The zero-order chi connectivity index (χ0) is 8.10. The first-order chi connectivity index (χ1) is 5.36. The van der Waals surface area contributed by atoms with Gasteiger partial charge in [-0.3, -0.25) is 4.98 Å². The Kier molecular flexibility index (Phi) is 3.05. The van der Waals surface area contributed by atoms with E-state index in [1.807, 2.05) is 12.4 Å². The standard InChI is InChI=1S/C9H14N2/c1-2-8-5-9(3-4-10)7-11-6-8/h5-7H,2-4,10H2,1H3. The average Bonchev–Trinajstić information content (AvgIpc) is 2.06. The predicted octanol–water partition coefficient (Wildman–Crippen LogP) is 1.15. The molecule has 0 amide bonds. The van der Waals surface area contributed by atoms with Crippen LogP contribution in [0.25, 0.3) is 0 Å². The summed E-state index contributed by atoms with van der Waals surface area (Å²) in [6.07, 6.45) is 5.76. The first kappa shape index (κ1) is 8.21. The van der Waals surface area contributed by atoms with Crippen LogP contribution in [0.4, 0.5) is 0 Å². The van der Waals surface area contributed by atoms with E-state index in [9.17, 15) is 0 Å². The third kappa shape index (κ3) is 2.31. The van der Waals surface area contributed by atoms with E-state index in [1.54, 1.807) is 0 Å². The molecule has 0 bridgehead atoms. The minimum absolute atomic E-state index is 0.703. The molecule has 0 radical (unpaired) electrons. The van der Waals surface area contributed by atoms with E-state index in [2.05, 4.69) is 18.0 Å². The predicted molar refractivity (Wildman–Crippen MR) is 46.4 cm³/mol. The summed E-state index contributed by atoms with van der Waals surface area (Å²) >= 11 is 0. The Morgan fingerprint density at radius 1 is 1.36 bits per heavy atom. The summed E-state index contributed by atoms with van der Waals surface area (Å²) < 4.78 is 0. The highest BCUT2D eigenvalue weighted by atomic mass is 14.6. The summed E-state index contributed by atoms with van der Waals surface area (Å²) in [5.74, 6) is 0. The molecule has 0 aromatic carbocycles. The number of nitrogens with two attached hydrogens (primary N) is 1. The molecule has 0 aliphatic heterocycles. The number of aromatic nitrogens is 1. The maximum absolute atomic E-state index is 5.42. The minimum atomic E-state index is 0.703. The number of aryl methyl sites for hydroxylation is 1. The zero-order valence-electron chi connectivity index (χ0n) is 6.88. The highest BCUT2D eigenvalue weighted by Crippen LogP contribution is 2.02. The Bertz CT molecular complexity index is 221. The number of hydrogen-bond acceptors (Lipinski definition) is 2. The summed E-state index contributed by atoms with van der Waals surface area (Å²) in [6.45, 7) is 2.83. The van der Waals surface area contributed by atoms with Crippen molar-refractivity contribution in [1.29, 1.82) is 0 Å². The van der Waals surface area contributed by atoms with Crippen molar-refractivity contribution in [3.63, 3.8) is 0 Å². The monoisotopic (exact) mass is 150 g/mol. The molecular weight excluding hydrogens is 136 g/mol. The van der Waals surface area contributed by atoms with Crippen molar-refractivity contribution in [3.8, 4) is 0 Å². The Morgan fingerprint density at radius 2 is 2.09 bits per heavy atom. The first-order valence-electron chi connectivity index (χ1n) is 3.99. The van der Waals surface area contributed by atoms with E-state index in [-0.39, 0.29) is 0 Å². The molecule has 11 heavy (non-hydrogen) atoms. The van der Waals surface area contributed by atoms with Crippen molar-refractivity contribution in [2.75, 3.05) is 6.54 Å². The summed E-state index contributed by atoms with van der Waals surface area (Å²) in [4.78, 5) is 4.12. The second kappa shape index (κ2) is 4.09. The second-order valence-corrected chi connectivity index (χ2v) is 2.59. The maximum atomic E-state index is 5.42. The highest BCUT2D eigenvalue weighted by Gasteiger charge is 1.92. The normalized spacial score (nSPS) is 10.0. The minimum Gasteiger partial charge on any atom is -0.330 e. The molecule has 0 fully saturated rings. The lowest BCUT2D eigenvalue weighted by atomic mass is 10.1. The van der Waals surface area contributed by atoms with Crippen LogP contribution in [0.3, 0.4) is 0 Å². The van der Waals surface area contributed by atoms with Gasteiger partial charge in [-0.15, -0.1) is 0 Å². The molecule has 0 spiro atoms. The van der Waals surface area contributed by atoms with Gasteiger partial charge >= 0.3 is 0 Å². The quantitative estimate of drug-likeness (QED) is 0.702. The average molecular weight is 150 g/mol. The van der Waals surface area contributed by atoms with Crippen molar-refractivity contribution in [2.24, 2.45) is 5.73 Å². The smallest absolute Gasteiger partial charge is 0.0300 e. The van der Waals surface area contributed by atoms with E-state index >= 15 is 0 Å². The molecule has 1 aromatic heterocycles. The van der Waals surface area contributed by atoms with E-state index in [4.69, 9.17) is 5.73 Å². The van der Waals surface area contributed by atoms with Gasteiger partial charge in [0.1, 0.15) is 0 Å². The van der Waals surface area contributed by atoms with Crippen LogP contribution in [0.5, 0.6) is 0 Å². The molecule has 1 aromatic rings. The Balaban J connectivity index is 2.74. The lowest BCUT2D eigenvalue weighted by Gasteiger charge is -1.99. The Labute approximate surface area is 67.5 Å². The Hall–Kier alpha value is -0.890. The van der Waals surface area contributed by atoms with Crippen molar-refractivity contribution in [3.05, 3.63) is 29.6 Å². The maximum Gasteiger partial charge on any atom is 0.0300 e. The fourth-order valence-electron chi connectivity index (χ4n) is 1.04. The van der Waals surface area contributed by atoms with Gasteiger partial charge in [-0.25, -0.2) is 0 Å². The molecule has 2 heteroatoms. The van der Waals surface area contributed by atoms with E-state index in [0.717, 1.165) is 12.8 Å². The summed E-state index contributed by atoms with van der Waals surface area (Å²) in [6, 6.07) is 2.17. The van der Waals surface area contributed by atoms with Gasteiger partial charge in [0, 0.05) is 12.4 Å². The lowest BCUT2D eigenvalue weighted by Crippen LogP contribution is -2.03. The van der Waals surface area contributed by atoms with Crippen LogP contribution in [0.2, 0.25) is 0 Å². The molecule has 0 unspecified atom stereocenters. The SMILES string of the molecule is CCc1cncc(CCN)c1. The van der Waals surface area contributed by atoms with Gasteiger partial charge in [0.15, 0.2) is 0 Å². The van der Waals surface area contributed by atoms with Crippen LogP contribution < -0.4 is 5.73 Å². The molecule has 0 saturated carbocycles. The molecule has 2 nitrogen and oxygen atoms in total. The van der Waals surface area contributed by atoms with Crippen LogP contribution in [0.15, 0.2) is 18.5 Å². The van der Waals surface area contributed by atoms with Crippen LogP contribution in [-0.2, 0) is 12.8 Å². The topological polar surface area (TPSA) is 38.9 Å². The number of nitrogens with zero attached hydrogens (tertiary/aromatic N) is 1. The van der Waals surface area contributed by atoms with Gasteiger partial charge in [0.2, 0.25) is 0 Å². The first-order valence-corrected chi connectivity index (χ1v) is 3.99. The van der Waals surface area contributed by atoms with Crippen LogP contribution in [0, 0.1) is 0 Å². The highest BCUT2D eigenvalue weighted by molar-refractivity contribution is 5.18. The van der Waals surface area contributed by atoms with Gasteiger partial charge in [0.25, 0.3) is 0 Å². The largest absolute Gasteiger partial charge is 0.330 e. The van der Waals surface area contributed by atoms with Crippen molar-refractivity contribution in [2.45, 2.75) is 19.8 Å². The number of pyridine rings is 1. The zero-order valence-corrected chi connectivity index (χ0v) is 6.88. The van der Waals surface area contributed by atoms with Crippen LogP contribution in [0.1, 0.15) is 18.1 Å². The molecule has 0 saturated heterocycles. The third-order valence-electron chi connectivity index (χ3n) is 1.69. The Morgan fingerprint density at radius 3 is 2.73 bits per heavy atom. The van der Waals surface area contributed by atoms with Gasteiger partial charge in [-0.05, 0) is 30.5 Å². The molecule has 0 aliphatic carbocycles. The van der Waals surface area contributed by atoms with E-state index in [0.29, 0.717) is 6.54 Å². The summed E-state index contributed by atoms with van der Waals surface area (Å²) in [7, 11) is 0. The molecule has 0 aliphatic rings. The molecule has 2 N–H and O–H groups in total. The molecule has 1 heterocycles. The van der Waals surface area contributed by atoms with Crippen LogP contribution >= 0.6 is 0 Å². The van der Waals surface area contributed by atoms with Gasteiger partial charge in [0.05, 0.1) is 0 Å². The fraction of sp³-hybridized carbons (Fsp3) is 0.444. The molecule has 0 atom stereocenters. The van der Waals surface area contributed by atoms with Gasteiger partial charge in [-0.2, -0.15) is 0 Å². The van der Waals surface area contributed by atoms with Gasteiger partial charge in [-0.1, -0.05) is 13.0 Å². The molecule has 60 valence electrons. The molecular formula is C9H14N2. The van der Waals surface area contributed by atoms with Crippen molar-refractivity contribution in [1.82, 2.24) is 4.98 Å². The number of rotatable bonds is 3.